The highest BCUT2D eigenvalue weighted by atomic mass is 35.5. The molecule has 0 saturated carbocycles. The topological polar surface area (TPSA) is 38.7 Å². The summed E-state index contributed by atoms with van der Waals surface area (Å²) >= 11 is 14.5. The molecule has 0 bridgehead atoms. The first kappa shape index (κ1) is 28.0. The first-order valence-electron chi connectivity index (χ1n) is 11.1. The zero-order chi connectivity index (χ0) is 23.2. The minimum atomic E-state index is -0.458. The molecule has 0 aliphatic heterocycles. The maximum Gasteiger partial charge on any atom is 0.156 e. The Bertz CT molecular complexity index is 730. The highest BCUT2D eigenvalue weighted by Crippen LogP contribution is 2.38. The van der Waals surface area contributed by atoms with E-state index in [2.05, 4.69) is 20.8 Å². The van der Waals surface area contributed by atoms with Gasteiger partial charge in [0.25, 0.3) is 0 Å². The number of aliphatic hydroxyl groups excluding tert-OH is 1. The molecule has 0 heterocycles. The lowest BCUT2D eigenvalue weighted by molar-refractivity contribution is 0.126. The van der Waals surface area contributed by atoms with Gasteiger partial charge in [-0.3, -0.25) is 0 Å². The summed E-state index contributed by atoms with van der Waals surface area (Å²) in [7, 11) is 0. The molecule has 174 valence electrons. The monoisotopic (exact) mass is 486 g/mol. The summed E-state index contributed by atoms with van der Waals surface area (Å²) in [5, 5.41) is 11.0. The molecule has 0 saturated heterocycles. The SMILES string of the molecule is CC.CCCCOc1c(Cl)cc(C(C)c2ccc(OCC(O)CSCC)cc2)cc1Cl. The van der Waals surface area contributed by atoms with Crippen LogP contribution in [0.4, 0.5) is 0 Å². The third-order valence-electron chi connectivity index (χ3n) is 4.60. The maximum atomic E-state index is 9.89. The molecule has 6 heteroatoms. The van der Waals surface area contributed by atoms with E-state index < -0.39 is 6.10 Å². The summed E-state index contributed by atoms with van der Waals surface area (Å²) in [6, 6.07) is 11.8. The van der Waals surface area contributed by atoms with Crippen LogP contribution in [0.15, 0.2) is 36.4 Å². The summed E-state index contributed by atoms with van der Waals surface area (Å²) in [6.07, 6.45) is 1.56. The van der Waals surface area contributed by atoms with Crippen molar-refractivity contribution in [2.24, 2.45) is 0 Å². The van der Waals surface area contributed by atoms with Crippen molar-refractivity contribution < 1.29 is 14.6 Å². The van der Waals surface area contributed by atoms with Crippen LogP contribution in [0, 0.1) is 0 Å². The lowest BCUT2D eigenvalue weighted by atomic mass is 9.93. The van der Waals surface area contributed by atoms with Gasteiger partial charge in [0.2, 0.25) is 0 Å². The molecule has 2 rings (SSSR count). The Balaban J connectivity index is 0.00000233. The van der Waals surface area contributed by atoms with Crippen LogP contribution in [0.5, 0.6) is 11.5 Å². The van der Waals surface area contributed by atoms with Gasteiger partial charge in [0, 0.05) is 11.7 Å². The Morgan fingerprint density at radius 1 is 0.968 bits per heavy atom. The van der Waals surface area contributed by atoms with E-state index in [1.165, 1.54) is 0 Å². The standard InChI is InChI=1S/C23H30Cl2O3S.C2H6/c1-4-6-11-27-23-21(24)12-18(13-22(23)25)16(3)17-7-9-20(10-8-17)28-14-19(26)15-29-5-2;1-2/h7-10,12-13,16,19,26H,4-6,11,14-15H2,1-3H3;1-2H3. The van der Waals surface area contributed by atoms with Crippen molar-refractivity contribution in [1.29, 1.82) is 0 Å². The van der Waals surface area contributed by atoms with Gasteiger partial charge in [-0.25, -0.2) is 0 Å². The van der Waals surface area contributed by atoms with E-state index in [4.69, 9.17) is 32.7 Å². The number of unbranched alkanes of at least 4 members (excludes halogenated alkanes) is 1. The molecule has 1 N–H and O–H groups in total. The molecule has 0 aliphatic carbocycles. The fraction of sp³-hybridized carbons (Fsp3) is 0.520. The minimum Gasteiger partial charge on any atom is -0.491 e. The summed E-state index contributed by atoms with van der Waals surface area (Å²) in [4.78, 5) is 0. The molecule has 31 heavy (non-hydrogen) atoms. The number of benzene rings is 2. The molecule has 0 aromatic heterocycles. The molecule has 0 fully saturated rings. The van der Waals surface area contributed by atoms with Gasteiger partial charge in [-0.15, -0.1) is 0 Å². The Hall–Kier alpha value is -1.07. The van der Waals surface area contributed by atoms with E-state index in [0.29, 0.717) is 34.8 Å². The van der Waals surface area contributed by atoms with Crippen LogP contribution in [0.1, 0.15) is 64.5 Å². The van der Waals surface area contributed by atoms with Gasteiger partial charge in [-0.05, 0) is 47.6 Å². The highest BCUT2D eigenvalue weighted by Gasteiger charge is 2.15. The number of ether oxygens (including phenoxy) is 2. The number of aliphatic hydroxyl groups is 1. The third-order valence-corrected chi connectivity index (χ3v) is 6.19. The van der Waals surface area contributed by atoms with Gasteiger partial charge in [-0.1, -0.05) is 76.4 Å². The van der Waals surface area contributed by atoms with Crippen LogP contribution in [-0.4, -0.2) is 35.9 Å². The smallest absolute Gasteiger partial charge is 0.156 e. The van der Waals surface area contributed by atoms with Crippen molar-refractivity contribution >= 4 is 35.0 Å². The Morgan fingerprint density at radius 2 is 1.58 bits per heavy atom. The minimum absolute atomic E-state index is 0.121. The molecular weight excluding hydrogens is 451 g/mol. The van der Waals surface area contributed by atoms with Gasteiger partial charge in [0.15, 0.2) is 5.75 Å². The molecule has 0 spiro atoms. The quantitative estimate of drug-likeness (QED) is 0.310. The number of halogens is 2. The summed E-state index contributed by atoms with van der Waals surface area (Å²) in [5.74, 6) is 3.10. The van der Waals surface area contributed by atoms with Gasteiger partial charge in [0.1, 0.15) is 12.4 Å². The van der Waals surface area contributed by atoms with E-state index in [-0.39, 0.29) is 5.92 Å². The van der Waals surface area contributed by atoms with Crippen molar-refractivity contribution in [3.05, 3.63) is 57.6 Å². The van der Waals surface area contributed by atoms with Crippen molar-refractivity contribution in [1.82, 2.24) is 0 Å². The van der Waals surface area contributed by atoms with E-state index in [0.717, 1.165) is 35.5 Å². The van der Waals surface area contributed by atoms with E-state index in [9.17, 15) is 5.11 Å². The predicted octanol–water partition coefficient (Wildman–Crippen LogP) is 7.84. The molecule has 0 amide bonds. The van der Waals surface area contributed by atoms with Crippen molar-refractivity contribution in [3.8, 4) is 11.5 Å². The lowest BCUT2D eigenvalue weighted by Gasteiger charge is -2.17. The second-order valence-corrected chi connectivity index (χ2v) is 9.06. The fourth-order valence-electron chi connectivity index (χ4n) is 2.83. The Labute approximate surface area is 202 Å². The predicted molar refractivity (Wildman–Crippen MR) is 137 cm³/mol. The van der Waals surface area contributed by atoms with Gasteiger partial charge in [-0.2, -0.15) is 11.8 Å². The van der Waals surface area contributed by atoms with E-state index in [1.807, 2.05) is 50.2 Å². The Kier molecular flexibility index (Phi) is 14.1. The zero-order valence-electron chi connectivity index (χ0n) is 19.3. The second kappa shape index (κ2) is 15.7. The van der Waals surface area contributed by atoms with Crippen LogP contribution in [0.2, 0.25) is 10.0 Å². The van der Waals surface area contributed by atoms with Crippen LogP contribution in [0.25, 0.3) is 0 Å². The number of rotatable bonds is 12. The van der Waals surface area contributed by atoms with Crippen molar-refractivity contribution in [2.75, 3.05) is 24.7 Å². The molecule has 2 atom stereocenters. The largest absolute Gasteiger partial charge is 0.491 e. The van der Waals surface area contributed by atoms with Gasteiger partial charge >= 0.3 is 0 Å². The van der Waals surface area contributed by atoms with Crippen molar-refractivity contribution in [3.63, 3.8) is 0 Å². The van der Waals surface area contributed by atoms with Crippen LogP contribution >= 0.6 is 35.0 Å². The van der Waals surface area contributed by atoms with Crippen molar-refractivity contribution in [2.45, 2.75) is 59.5 Å². The van der Waals surface area contributed by atoms with Crippen LogP contribution in [0.3, 0.4) is 0 Å². The summed E-state index contributed by atoms with van der Waals surface area (Å²) in [5.41, 5.74) is 2.16. The number of hydrogen-bond acceptors (Lipinski definition) is 4. The van der Waals surface area contributed by atoms with Crippen LogP contribution < -0.4 is 9.47 Å². The summed E-state index contributed by atoms with van der Waals surface area (Å²) < 4.78 is 11.4. The first-order valence-corrected chi connectivity index (χ1v) is 13.0. The average Bonchev–Trinajstić information content (AvgIpc) is 2.79. The highest BCUT2D eigenvalue weighted by molar-refractivity contribution is 7.99. The normalized spacial score (nSPS) is 12.5. The average molecular weight is 488 g/mol. The zero-order valence-corrected chi connectivity index (χ0v) is 21.6. The Morgan fingerprint density at radius 3 is 2.13 bits per heavy atom. The van der Waals surface area contributed by atoms with E-state index >= 15 is 0 Å². The lowest BCUT2D eigenvalue weighted by Crippen LogP contribution is -2.20. The maximum absolute atomic E-state index is 9.89. The molecule has 3 nitrogen and oxygen atoms in total. The first-order chi connectivity index (χ1) is 15.0. The molecule has 0 radical (unpaired) electrons. The second-order valence-electron chi connectivity index (χ2n) is 6.93. The van der Waals surface area contributed by atoms with Gasteiger partial charge < -0.3 is 14.6 Å². The molecule has 2 aromatic carbocycles. The molecule has 2 aromatic rings. The molecular formula is C25H36Cl2O3S. The fourth-order valence-corrected chi connectivity index (χ4v) is 4.04. The van der Waals surface area contributed by atoms with Crippen LogP contribution in [-0.2, 0) is 0 Å². The van der Waals surface area contributed by atoms with E-state index in [1.54, 1.807) is 11.8 Å². The molecule has 2 unspecified atom stereocenters. The van der Waals surface area contributed by atoms with Gasteiger partial charge in [0.05, 0.1) is 22.8 Å². The number of hydrogen-bond donors (Lipinski definition) is 1. The summed E-state index contributed by atoms with van der Waals surface area (Å²) in [6.45, 7) is 11.2. The molecule has 0 aliphatic rings. The third kappa shape index (κ3) is 9.53. The number of thioether (sulfide) groups is 1.